The number of rotatable bonds is 7. The van der Waals surface area contributed by atoms with Crippen molar-refractivity contribution in [1.29, 1.82) is 0 Å². The van der Waals surface area contributed by atoms with E-state index >= 15 is 0 Å². The smallest absolute Gasteiger partial charge is 0.296 e. The maximum Gasteiger partial charge on any atom is 0.296 e. The summed E-state index contributed by atoms with van der Waals surface area (Å²) in [5.41, 5.74) is 3.02. The second-order valence-corrected chi connectivity index (χ2v) is 22.2. The van der Waals surface area contributed by atoms with Crippen LogP contribution in [0.4, 0.5) is 0 Å². The summed E-state index contributed by atoms with van der Waals surface area (Å²) in [5, 5.41) is 0.216. The Kier molecular flexibility index (Phi) is 8.18. The van der Waals surface area contributed by atoms with Crippen molar-refractivity contribution in [1.82, 2.24) is 0 Å². The molecule has 0 amide bonds. The molecule has 228 valence electrons. The van der Waals surface area contributed by atoms with Crippen molar-refractivity contribution in [3.63, 3.8) is 0 Å². The summed E-state index contributed by atoms with van der Waals surface area (Å²) in [5.74, 6) is 2.75. The Bertz CT molecular complexity index is 1290. The summed E-state index contributed by atoms with van der Waals surface area (Å²) in [7, 11) is -5.56. The Morgan fingerprint density at radius 3 is 2.39 bits per heavy atom. The second-order valence-electron chi connectivity index (χ2n) is 15.9. The van der Waals surface area contributed by atoms with Gasteiger partial charge in [-0.1, -0.05) is 83.0 Å². The van der Waals surface area contributed by atoms with E-state index in [1.165, 1.54) is 32.1 Å². The van der Waals surface area contributed by atoms with Crippen LogP contribution in [0.15, 0.2) is 53.0 Å². The van der Waals surface area contributed by atoms with Gasteiger partial charge in [0, 0.05) is 5.41 Å². The Hall–Kier alpha value is -1.21. The predicted octanol–water partition coefficient (Wildman–Crippen LogP) is 9.08. The fourth-order valence-electron chi connectivity index (χ4n) is 8.92. The summed E-state index contributed by atoms with van der Waals surface area (Å²) in [4.78, 5) is 0.252. The second kappa shape index (κ2) is 10.7. The van der Waals surface area contributed by atoms with Gasteiger partial charge in [0.1, 0.15) is 0 Å². The number of hydrogen-bond donors (Lipinski definition) is 0. The molecule has 2 saturated carbocycles. The highest BCUT2D eigenvalue weighted by molar-refractivity contribution is 7.86. The standard InChI is InChI=1S/C35H54O4SSi/c1-24-10-13-28(14-11-24)40(36,37)38-23-25(2)30-16-17-31-29-15-12-26-22-27(39-41(8,9)33(3,4)5)18-20-34(26,6)32(29)19-21-35(30,31)7/h10-14,18,20,25,27,29-32H,15-17,19,21-23H2,1-9H3/t25-,27+,29+,30-,31+,32+,34+,35-/m1/s1. The molecule has 41 heavy (non-hydrogen) atoms. The maximum absolute atomic E-state index is 12.9. The first-order chi connectivity index (χ1) is 19.0. The van der Waals surface area contributed by atoms with E-state index in [2.05, 4.69) is 72.9 Å². The molecule has 8 atom stereocenters. The molecule has 0 spiro atoms. The zero-order valence-corrected chi connectivity index (χ0v) is 28.8. The lowest BCUT2D eigenvalue weighted by Crippen LogP contribution is -2.51. The van der Waals surface area contributed by atoms with Gasteiger partial charge in [0.2, 0.25) is 0 Å². The van der Waals surface area contributed by atoms with Gasteiger partial charge in [-0.05, 0) is 111 Å². The molecule has 0 aromatic heterocycles. The Balaban J connectivity index is 1.27. The molecular weight excluding hydrogens is 545 g/mol. The maximum atomic E-state index is 12.9. The van der Waals surface area contributed by atoms with Gasteiger partial charge < -0.3 is 4.43 Å². The largest absolute Gasteiger partial charge is 0.410 e. The van der Waals surface area contributed by atoms with Crippen LogP contribution < -0.4 is 0 Å². The fourth-order valence-corrected chi connectivity index (χ4v) is 11.2. The van der Waals surface area contributed by atoms with Crippen LogP contribution in [-0.4, -0.2) is 29.4 Å². The minimum absolute atomic E-state index is 0.131. The quantitative estimate of drug-likeness (QED) is 0.178. The van der Waals surface area contributed by atoms with Gasteiger partial charge >= 0.3 is 0 Å². The van der Waals surface area contributed by atoms with Crippen molar-refractivity contribution in [2.24, 2.45) is 40.4 Å². The molecular formula is C35H54O4SSi. The van der Waals surface area contributed by atoms with Crippen LogP contribution in [0.25, 0.3) is 0 Å². The van der Waals surface area contributed by atoms with Crippen molar-refractivity contribution in [3.05, 3.63) is 53.6 Å². The lowest BCUT2D eigenvalue weighted by molar-refractivity contribution is -0.0382. The van der Waals surface area contributed by atoms with Gasteiger partial charge in [-0.15, -0.1) is 0 Å². The highest BCUT2D eigenvalue weighted by Crippen LogP contribution is 2.66. The molecule has 1 aromatic rings. The number of hydrogen-bond acceptors (Lipinski definition) is 4. The Morgan fingerprint density at radius 2 is 1.73 bits per heavy atom. The first kappa shape index (κ1) is 31.2. The Labute approximate surface area is 251 Å². The van der Waals surface area contributed by atoms with E-state index in [1.54, 1.807) is 17.7 Å². The highest BCUT2D eigenvalue weighted by Gasteiger charge is 2.59. The number of allylic oxidation sites excluding steroid dienone is 2. The molecule has 4 aliphatic carbocycles. The van der Waals surface area contributed by atoms with Crippen LogP contribution in [0.1, 0.15) is 85.6 Å². The van der Waals surface area contributed by atoms with Crippen LogP contribution in [0.3, 0.4) is 0 Å². The van der Waals surface area contributed by atoms with Crippen molar-refractivity contribution < 1.29 is 17.0 Å². The SMILES string of the molecule is Cc1ccc(S(=O)(=O)OC[C@@H](C)[C@H]2CC[C@H]3[C@@H]4CC=C5C[C@@H](O[Si](C)(C)C(C)(C)C)C=C[C@]5(C)[C@H]4CC[C@]23C)cc1. The highest BCUT2D eigenvalue weighted by atomic mass is 32.2. The summed E-state index contributed by atoms with van der Waals surface area (Å²) < 4.78 is 38.3. The predicted molar refractivity (Wildman–Crippen MR) is 171 cm³/mol. The molecule has 2 fully saturated rings. The monoisotopic (exact) mass is 598 g/mol. The molecule has 4 aliphatic rings. The molecule has 6 heteroatoms. The van der Waals surface area contributed by atoms with E-state index in [1.807, 2.05) is 19.1 Å². The molecule has 4 nitrogen and oxygen atoms in total. The number of fused-ring (bicyclic) bond motifs is 5. The van der Waals surface area contributed by atoms with Crippen LogP contribution >= 0.6 is 0 Å². The van der Waals surface area contributed by atoms with Crippen molar-refractivity contribution in [2.45, 2.75) is 116 Å². The van der Waals surface area contributed by atoms with Crippen LogP contribution in [0.5, 0.6) is 0 Å². The molecule has 0 radical (unpaired) electrons. The number of benzene rings is 1. The summed E-state index contributed by atoms with van der Waals surface area (Å²) >= 11 is 0. The first-order valence-corrected chi connectivity index (χ1v) is 20.3. The third-order valence-electron chi connectivity index (χ3n) is 12.4. The van der Waals surface area contributed by atoms with Gasteiger partial charge in [-0.3, -0.25) is 4.18 Å². The van der Waals surface area contributed by atoms with Gasteiger partial charge in [-0.2, -0.15) is 8.42 Å². The van der Waals surface area contributed by atoms with E-state index in [4.69, 9.17) is 8.61 Å². The number of aryl methyl sites for hydroxylation is 1. The van der Waals surface area contributed by atoms with E-state index in [-0.39, 0.29) is 39.4 Å². The Morgan fingerprint density at radius 1 is 1.05 bits per heavy atom. The van der Waals surface area contributed by atoms with E-state index in [0.29, 0.717) is 23.7 Å². The van der Waals surface area contributed by atoms with Gasteiger partial charge in [0.25, 0.3) is 10.1 Å². The van der Waals surface area contributed by atoms with Gasteiger partial charge in [0.05, 0.1) is 17.6 Å². The first-order valence-electron chi connectivity index (χ1n) is 16.0. The zero-order valence-electron chi connectivity index (χ0n) is 27.0. The zero-order chi connectivity index (χ0) is 30.0. The van der Waals surface area contributed by atoms with Gasteiger partial charge in [0.15, 0.2) is 8.32 Å². The van der Waals surface area contributed by atoms with Crippen LogP contribution in [-0.2, 0) is 18.7 Å². The minimum atomic E-state index is -3.74. The fraction of sp³-hybridized carbons (Fsp3) is 0.714. The average Bonchev–Trinajstić information content (AvgIpc) is 3.24. The third-order valence-corrected chi connectivity index (χ3v) is 18.2. The molecule has 0 bridgehead atoms. The average molecular weight is 599 g/mol. The minimum Gasteiger partial charge on any atom is -0.410 e. The summed E-state index contributed by atoms with van der Waals surface area (Å²) in [6.45, 7) is 21.1. The molecule has 0 aliphatic heterocycles. The lowest BCUT2D eigenvalue weighted by atomic mass is 9.48. The molecule has 0 N–H and O–H groups in total. The van der Waals surface area contributed by atoms with Crippen molar-refractivity contribution in [3.8, 4) is 0 Å². The topological polar surface area (TPSA) is 52.6 Å². The van der Waals surface area contributed by atoms with E-state index < -0.39 is 18.4 Å². The molecule has 5 rings (SSSR count). The van der Waals surface area contributed by atoms with E-state index in [9.17, 15) is 8.42 Å². The van der Waals surface area contributed by atoms with Crippen molar-refractivity contribution >= 4 is 18.4 Å². The van der Waals surface area contributed by atoms with Crippen molar-refractivity contribution in [2.75, 3.05) is 6.61 Å². The molecule has 0 heterocycles. The molecule has 0 saturated heterocycles. The molecule has 0 unspecified atom stereocenters. The van der Waals surface area contributed by atoms with Crippen LogP contribution in [0.2, 0.25) is 18.1 Å². The van der Waals surface area contributed by atoms with Gasteiger partial charge in [-0.25, -0.2) is 0 Å². The van der Waals surface area contributed by atoms with Crippen LogP contribution in [0, 0.1) is 47.3 Å². The summed E-state index contributed by atoms with van der Waals surface area (Å²) in [6, 6.07) is 6.95. The lowest BCUT2D eigenvalue weighted by Gasteiger charge is -2.57. The normalized spacial score (nSPS) is 36.2. The summed E-state index contributed by atoms with van der Waals surface area (Å²) in [6.07, 6.45) is 14.8. The third kappa shape index (κ3) is 5.60. The van der Waals surface area contributed by atoms with E-state index in [0.717, 1.165) is 12.0 Å². The molecule has 1 aromatic carbocycles.